The van der Waals surface area contributed by atoms with Crippen molar-refractivity contribution in [1.82, 2.24) is 4.98 Å². The summed E-state index contributed by atoms with van der Waals surface area (Å²) >= 11 is 1.50. The molecular formula is C15H15NO3S. The molecule has 0 aliphatic carbocycles. The summed E-state index contributed by atoms with van der Waals surface area (Å²) in [5.74, 6) is -0.358. The lowest BCUT2D eigenvalue weighted by Gasteiger charge is -2.04. The van der Waals surface area contributed by atoms with Crippen LogP contribution in [0, 0.1) is 0 Å². The van der Waals surface area contributed by atoms with Crippen LogP contribution in [-0.4, -0.2) is 22.7 Å². The molecule has 0 spiro atoms. The Kier molecular flexibility index (Phi) is 5.15. The first-order valence-corrected chi connectivity index (χ1v) is 7.05. The molecule has 0 amide bonds. The second-order valence-electron chi connectivity index (χ2n) is 4.01. The molecule has 0 saturated carbocycles. The summed E-state index contributed by atoms with van der Waals surface area (Å²) in [6, 6.07) is 11.1. The third-order valence-corrected chi connectivity index (χ3v) is 3.53. The van der Waals surface area contributed by atoms with Crippen molar-refractivity contribution in [1.29, 1.82) is 0 Å². The number of benzene rings is 1. The molecular weight excluding hydrogens is 274 g/mol. The quantitative estimate of drug-likeness (QED) is 0.858. The van der Waals surface area contributed by atoms with Gasteiger partial charge in [-0.25, -0.2) is 9.78 Å². The zero-order valence-electron chi connectivity index (χ0n) is 11.1. The van der Waals surface area contributed by atoms with Crippen LogP contribution in [0.4, 0.5) is 0 Å². The van der Waals surface area contributed by atoms with Crippen LogP contribution in [0.25, 0.3) is 0 Å². The maximum Gasteiger partial charge on any atom is 0.339 e. The molecule has 0 radical (unpaired) electrons. The molecule has 1 heterocycles. The van der Waals surface area contributed by atoms with E-state index < -0.39 is 0 Å². The number of pyridine rings is 1. The predicted octanol–water partition coefficient (Wildman–Crippen LogP) is 2.90. The summed E-state index contributed by atoms with van der Waals surface area (Å²) in [5, 5.41) is 9.78. The van der Waals surface area contributed by atoms with E-state index in [1.165, 1.54) is 18.0 Å². The van der Waals surface area contributed by atoms with Crippen molar-refractivity contribution >= 4 is 17.7 Å². The number of carbonyl (C=O) groups is 1. The van der Waals surface area contributed by atoms with Gasteiger partial charge in [-0.05, 0) is 36.8 Å². The molecule has 1 N–H and O–H groups in total. The summed E-state index contributed by atoms with van der Waals surface area (Å²) in [6.45, 7) is 2.16. The van der Waals surface area contributed by atoms with Crippen LogP contribution in [0.2, 0.25) is 0 Å². The number of carbonyl (C=O) groups excluding carboxylic acids is 1. The van der Waals surface area contributed by atoms with Crippen molar-refractivity contribution in [2.75, 3.05) is 6.61 Å². The standard InChI is InChI=1S/C15H15NO3S/c1-2-19-15(18)12-5-8-14(16-9-12)20-13-6-3-11(10-17)4-7-13/h3-9,17H,2,10H2,1H3. The number of aliphatic hydroxyl groups excluding tert-OH is 1. The minimum atomic E-state index is -0.358. The third kappa shape index (κ3) is 3.82. The Morgan fingerprint density at radius 2 is 2.00 bits per heavy atom. The Labute approximate surface area is 121 Å². The molecule has 0 atom stereocenters. The summed E-state index contributed by atoms with van der Waals surface area (Å²) in [4.78, 5) is 16.8. The first-order chi connectivity index (χ1) is 9.72. The van der Waals surface area contributed by atoms with E-state index >= 15 is 0 Å². The summed E-state index contributed by atoms with van der Waals surface area (Å²) in [6.07, 6.45) is 1.52. The topological polar surface area (TPSA) is 59.4 Å². The number of hydrogen-bond donors (Lipinski definition) is 1. The van der Waals surface area contributed by atoms with E-state index in [1.807, 2.05) is 24.3 Å². The molecule has 1 aromatic carbocycles. The van der Waals surface area contributed by atoms with Crippen molar-refractivity contribution in [2.24, 2.45) is 0 Å². The normalized spacial score (nSPS) is 10.3. The van der Waals surface area contributed by atoms with Crippen LogP contribution in [0.15, 0.2) is 52.5 Å². The zero-order chi connectivity index (χ0) is 14.4. The van der Waals surface area contributed by atoms with Crippen LogP contribution in [0.1, 0.15) is 22.8 Å². The average molecular weight is 289 g/mol. The smallest absolute Gasteiger partial charge is 0.339 e. The SMILES string of the molecule is CCOC(=O)c1ccc(Sc2ccc(CO)cc2)nc1. The molecule has 20 heavy (non-hydrogen) atoms. The van der Waals surface area contributed by atoms with Gasteiger partial charge < -0.3 is 9.84 Å². The van der Waals surface area contributed by atoms with Crippen molar-refractivity contribution in [3.63, 3.8) is 0 Å². The first kappa shape index (κ1) is 14.6. The molecule has 0 unspecified atom stereocenters. The van der Waals surface area contributed by atoms with Gasteiger partial charge >= 0.3 is 5.97 Å². The van der Waals surface area contributed by atoms with Gasteiger partial charge in [0.15, 0.2) is 0 Å². The highest BCUT2D eigenvalue weighted by Gasteiger charge is 2.07. The highest BCUT2D eigenvalue weighted by atomic mass is 32.2. The number of aromatic nitrogens is 1. The van der Waals surface area contributed by atoms with Gasteiger partial charge in [0.25, 0.3) is 0 Å². The van der Waals surface area contributed by atoms with E-state index in [-0.39, 0.29) is 12.6 Å². The van der Waals surface area contributed by atoms with Crippen LogP contribution >= 0.6 is 11.8 Å². The van der Waals surface area contributed by atoms with Gasteiger partial charge in [0, 0.05) is 11.1 Å². The molecule has 104 valence electrons. The van der Waals surface area contributed by atoms with Crippen LogP contribution < -0.4 is 0 Å². The van der Waals surface area contributed by atoms with E-state index in [1.54, 1.807) is 19.1 Å². The third-order valence-electron chi connectivity index (χ3n) is 2.58. The van der Waals surface area contributed by atoms with Crippen molar-refractivity contribution < 1.29 is 14.6 Å². The van der Waals surface area contributed by atoms with Gasteiger partial charge in [-0.1, -0.05) is 23.9 Å². The first-order valence-electron chi connectivity index (χ1n) is 6.23. The number of aliphatic hydroxyl groups is 1. The van der Waals surface area contributed by atoms with Crippen molar-refractivity contribution in [2.45, 2.75) is 23.5 Å². The van der Waals surface area contributed by atoms with Crippen LogP contribution in [0.3, 0.4) is 0 Å². The Morgan fingerprint density at radius 1 is 1.25 bits per heavy atom. The number of esters is 1. The number of nitrogens with zero attached hydrogens (tertiary/aromatic N) is 1. The van der Waals surface area contributed by atoms with Crippen molar-refractivity contribution in [3.05, 3.63) is 53.7 Å². The fourth-order valence-corrected chi connectivity index (χ4v) is 2.31. The number of ether oxygens (including phenoxy) is 1. The van der Waals surface area contributed by atoms with Gasteiger partial charge in [-0.3, -0.25) is 0 Å². The molecule has 0 fully saturated rings. The maximum absolute atomic E-state index is 11.5. The molecule has 0 bridgehead atoms. The van der Waals surface area contributed by atoms with E-state index in [4.69, 9.17) is 9.84 Å². The summed E-state index contributed by atoms with van der Waals surface area (Å²) < 4.78 is 4.90. The Morgan fingerprint density at radius 3 is 2.55 bits per heavy atom. The van der Waals surface area contributed by atoms with Crippen LogP contribution in [0.5, 0.6) is 0 Å². The Hall–Kier alpha value is -1.85. The lowest BCUT2D eigenvalue weighted by Crippen LogP contribution is -2.04. The minimum Gasteiger partial charge on any atom is -0.462 e. The number of hydrogen-bond acceptors (Lipinski definition) is 5. The molecule has 2 aromatic rings. The highest BCUT2D eigenvalue weighted by Crippen LogP contribution is 2.26. The van der Waals surface area contributed by atoms with Crippen molar-refractivity contribution in [3.8, 4) is 0 Å². The minimum absolute atomic E-state index is 0.0391. The average Bonchev–Trinajstić information content (AvgIpc) is 2.49. The fourth-order valence-electron chi connectivity index (χ4n) is 1.56. The Balaban J connectivity index is 2.04. The molecule has 2 rings (SSSR count). The molecule has 5 heteroatoms. The largest absolute Gasteiger partial charge is 0.462 e. The van der Waals surface area contributed by atoms with Gasteiger partial charge in [-0.15, -0.1) is 0 Å². The second kappa shape index (κ2) is 7.07. The molecule has 4 nitrogen and oxygen atoms in total. The van der Waals surface area contributed by atoms with Gasteiger partial charge in [0.2, 0.25) is 0 Å². The molecule has 1 aromatic heterocycles. The van der Waals surface area contributed by atoms with E-state index in [9.17, 15) is 4.79 Å². The second-order valence-corrected chi connectivity index (χ2v) is 5.10. The lowest BCUT2D eigenvalue weighted by molar-refractivity contribution is 0.0525. The molecule has 0 aliphatic heterocycles. The van der Waals surface area contributed by atoms with Gasteiger partial charge in [-0.2, -0.15) is 0 Å². The van der Waals surface area contributed by atoms with Gasteiger partial charge in [0.05, 0.1) is 18.8 Å². The van der Waals surface area contributed by atoms with Gasteiger partial charge in [0.1, 0.15) is 5.03 Å². The summed E-state index contributed by atoms with van der Waals surface area (Å²) in [5.41, 5.74) is 1.33. The highest BCUT2D eigenvalue weighted by molar-refractivity contribution is 7.99. The lowest BCUT2D eigenvalue weighted by atomic mass is 10.2. The monoisotopic (exact) mass is 289 g/mol. The molecule has 0 aliphatic rings. The number of rotatable bonds is 5. The molecule has 0 saturated heterocycles. The zero-order valence-corrected chi connectivity index (χ0v) is 11.9. The fraction of sp³-hybridized carbons (Fsp3) is 0.200. The van der Waals surface area contributed by atoms with E-state index in [0.717, 1.165) is 15.5 Å². The maximum atomic E-state index is 11.5. The van der Waals surface area contributed by atoms with Crippen LogP contribution in [-0.2, 0) is 11.3 Å². The van der Waals surface area contributed by atoms with E-state index in [2.05, 4.69) is 4.98 Å². The Bertz CT molecular complexity index is 567. The predicted molar refractivity (Wildman–Crippen MR) is 76.7 cm³/mol. The summed E-state index contributed by atoms with van der Waals surface area (Å²) in [7, 11) is 0. The van der Waals surface area contributed by atoms with E-state index in [0.29, 0.717) is 12.2 Å².